The van der Waals surface area contributed by atoms with Crippen molar-refractivity contribution in [3.63, 3.8) is 0 Å². The highest BCUT2D eigenvalue weighted by Crippen LogP contribution is 2.28. The third-order valence-electron chi connectivity index (χ3n) is 4.82. The molecule has 1 atom stereocenters. The molecular weight excluding hydrogens is 348 g/mol. The summed E-state index contributed by atoms with van der Waals surface area (Å²) in [4.78, 5) is 14.7. The summed E-state index contributed by atoms with van der Waals surface area (Å²) in [7, 11) is 0. The van der Waals surface area contributed by atoms with Crippen molar-refractivity contribution in [2.24, 2.45) is 0 Å². The number of piperidine rings is 1. The number of halogens is 1. The summed E-state index contributed by atoms with van der Waals surface area (Å²) in [6, 6.07) is 19.4. The Kier molecular flexibility index (Phi) is 4.76. The van der Waals surface area contributed by atoms with Gasteiger partial charge in [-0.25, -0.2) is 0 Å². The summed E-state index contributed by atoms with van der Waals surface area (Å²) in [5, 5.41) is 4.66. The van der Waals surface area contributed by atoms with Crippen LogP contribution in [0.15, 0.2) is 65.2 Å². The van der Waals surface area contributed by atoms with Gasteiger partial charge in [-0.1, -0.05) is 59.2 Å². The highest BCUT2D eigenvalue weighted by Gasteiger charge is 2.27. The van der Waals surface area contributed by atoms with Gasteiger partial charge in [-0.05, 0) is 30.5 Å². The molecule has 1 aliphatic heterocycles. The van der Waals surface area contributed by atoms with Crippen molar-refractivity contribution >= 4 is 17.5 Å². The summed E-state index contributed by atoms with van der Waals surface area (Å²) in [5.41, 5.74) is 2.73. The number of hydrogen-bond donors (Lipinski definition) is 0. The minimum absolute atomic E-state index is 0.105. The Morgan fingerprint density at radius 1 is 1.12 bits per heavy atom. The lowest BCUT2D eigenvalue weighted by Gasteiger charge is -2.32. The molecule has 1 fully saturated rings. The molecule has 4 nitrogen and oxygen atoms in total. The lowest BCUT2D eigenvalue weighted by molar-refractivity contribution is 0.0665. The molecule has 0 bridgehead atoms. The molecule has 132 valence electrons. The molecule has 26 heavy (non-hydrogen) atoms. The third kappa shape index (κ3) is 3.51. The monoisotopic (exact) mass is 366 g/mol. The van der Waals surface area contributed by atoms with Gasteiger partial charge in [-0.15, -0.1) is 0 Å². The lowest BCUT2D eigenvalue weighted by Crippen LogP contribution is -2.38. The van der Waals surface area contributed by atoms with E-state index in [4.69, 9.17) is 16.1 Å². The Balaban J connectivity index is 1.51. The van der Waals surface area contributed by atoms with E-state index in [2.05, 4.69) is 17.3 Å². The van der Waals surface area contributed by atoms with Crippen LogP contribution in [0, 0.1) is 0 Å². The zero-order chi connectivity index (χ0) is 17.9. The molecule has 3 aromatic rings. The van der Waals surface area contributed by atoms with Crippen molar-refractivity contribution in [3.8, 4) is 11.3 Å². The van der Waals surface area contributed by atoms with Gasteiger partial charge in [0, 0.05) is 35.7 Å². The number of aromatic nitrogens is 1. The molecule has 4 rings (SSSR count). The van der Waals surface area contributed by atoms with Crippen LogP contribution in [0.2, 0.25) is 5.02 Å². The fourth-order valence-electron chi connectivity index (χ4n) is 3.47. The fourth-order valence-corrected chi connectivity index (χ4v) is 3.66. The van der Waals surface area contributed by atoms with Crippen LogP contribution in [0.25, 0.3) is 11.3 Å². The molecule has 1 aromatic heterocycles. The molecule has 0 N–H and O–H groups in total. The predicted molar refractivity (Wildman–Crippen MR) is 101 cm³/mol. The molecule has 1 saturated heterocycles. The average Bonchev–Trinajstić information content (AvgIpc) is 3.18. The van der Waals surface area contributed by atoms with Gasteiger partial charge < -0.3 is 9.42 Å². The Morgan fingerprint density at radius 2 is 1.96 bits per heavy atom. The molecule has 2 heterocycles. The van der Waals surface area contributed by atoms with Gasteiger partial charge in [0.25, 0.3) is 5.91 Å². The van der Waals surface area contributed by atoms with Crippen LogP contribution in [-0.2, 0) is 0 Å². The van der Waals surface area contributed by atoms with Crippen LogP contribution in [0.1, 0.15) is 34.9 Å². The van der Waals surface area contributed by atoms with Crippen LogP contribution < -0.4 is 0 Å². The summed E-state index contributed by atoms with van der Waals surface area (Å²) in [6.45, 7) is 1.45. The molecule has 5 heteroatoms. The molecule has 0 spiro atoms. The first-order valence-electron chi connectivity index (χ1n) is 8.77. The maximum Gasteiger partial charge on any atom is 0.292 e. The van der Waals surface area contributed by atoms with E-state index in [1.165, 1.54) is 5.56 Å². The van der Waals surface area contributed by atoms with E-state index in [1.807, 2.05) is 35.2 Å². The van der Waals surface area contributed by atoms with Crippen molar-refractivity contribution in [3.05, 3.63) is 77.0 Å². The van der Waals surface area contributed by atoms with E-state index in [0.29, 0.717) is 23.2 Å². The Bertz CT molecular complexity index is 907. The average molecular weight is 367 g/mol. The van der Waals surface area contributed by atoms with Crippen LogP contribution in [0.5, 0.6) is 0 Å². The minimum atomic E-state index is -0.105. The summed E-state index contributed by atoms with van der Waals surface area (Å²) in [5.74, 6) is 0.532. The highest BCUT2D eigenvalue weighted by molar-refractivity contribution is 6.30. The largest absolute Gasteiger partial charge is 0.350 e. The second kappa shape index (κ2) is 7.34. The number of amides is 1. The van der Waals surface area contributed by atoms with E-state index in [-0.39, 0.29) is 11.7 Å². The van der Waals surface area contributed by atoms with Crippen LogP contribution in [0.4, 0.5) is 0 Å². The van der Waals surface area contributed by atoms with E-state index < -0.39 is 0 Å². The number of carbonyl (C=O) groups is 1. The van der Waals surface area contributed by atoms with Crippen molar-refractivity contribution < 1.29 is 9.32 Å². The van der Waals surface area contributed by atoms with Crippen LogP contribution in [-0.4, -0.2) is 29.1 Å². The molecule has 1 amide bonds. The molecule has 2 aromatic carbocycles. The minimum Gasteiger partial charge on any atom is -0.350 e. The third-order valence-corrected chi connectivity index (χ3v) is 5.06. The first-order chi connectivity index (χ1) is 12.7. The second-order valence-corrected chi connectivity index (χ2v) is 7.02. The van der Waals surface area contributed by atoms with Gasteiger partial charge in [-0.3, -0.25) is 4.79 Å². The van der Waals surface area contributed by atoms with Gasteiger partial charge in [0.2, 0.25) is 5.76 Å². The SMILES string of the molecule is O=C(c1cc(-c2cccc(Cl)c2)no1)N1CCC[C@@H](c2ccccc2)C1. The van der Waals surface area contributed by atoms with E-state index >= 15 is 0 Å². The van der Waals surface area contributed by atoms with Crippen molar-refractivity contribution in [2.75, 3.05) is 13.1 Å². The number of rotatable bonds is 3. The first kappa shape index (κ1) is 16.9. The Hall–Kier alpha value is -2.59. The summed E-state index contributed by atoms with van der Waals surface area (Å²) < 4.78 is 5.33. The van der Waals surface area contributed by atoms with Gasteiger partial charge in [-0.2, -0.15) is 0 Å². The molecule has 0 saturated carbocycles. The van der Waals surface area contributed by atoms with Crippen LogP contribution in [0.3, 0.4) is 0 Å². The molecule has 0 aliphatic carbocycles. The Labute approximate surface area is 157 Å². The van der Waals surface area contributed by atoms with E-state index in [9.17, 15) is 4.79 Å². The standard InChI is InChI=1S/C21H19ClN2O2/c22-18-10-4-8-16(12-18)19-13-20(26-23-19)21(25)24-11-5-9-17(14-24)15-6-2-1-3-7-15/h1-4,6-8,10,12-13,17H,5,9,11,14H2/t17-/m1/s1. The second-order valence-electron chi connectivity index (χ2n) is 6.59. The number of benzene rings is 2. The maximum atomic E-state index is 12.9. The zero-order valence-corrected chi connectivity index (χ0v) is 15.0. The number of likely N-dealkylation sites (tertiary alicyclic amines) is 1. The van der Waals surface area contributed by atoms with E-state index in [0.717, 1.165) is 24.9 Å². The van der Waals surface area contributed by atoms with Crippen molar-refractivity contribution in [2.45, 2.75) is 18.8 Å². The summed E-state index contributed by atoms with van der Waals surface area (Å²) >= 11 is 6.03. The Morgan fingerprint density at radius 3 is 2.77 bits per heavy atom. The lowest BCUT2D eigenvalue weighted by atomic mass is 9.90. The fraction of sp³-hybridized carbons (Fsp3) is 0.238. The van der Waals surface area contributed by atoms with Crippen molar-refractivity contribution in [1.82, 2.24) is 10.1 Å². The number of hydrogen-bond acceptors (Lipinski definition) is 3. The molecule has 0 radical (unpaired) electrons. The quantitative estimate of drug-likeness (QED) is 0.654. The first-order valence-corrected chi connectivity index (χ1v) is 9.15. The van der Waals surface area contributed by atoms with Gasteiger partial charge in [0.05, 0.1) is 0 Å². The molecule has 0 unspecified atom stereocenters. The van der Waals surface area contributed by atoms with Gasteiger partial charge in [0.15, 0.2) is 0 Å². The number of carbonyl (C=O) groups excluding carboxylic acids is 1. The normalized spacial score (nSPS) is 17.3. The van der Waals surface area contributed by atoms with E-state index in [1.54, 1.807) is 18.2 Å². The number of nitrogens with zero attached hydrogens (tertiary/aromatic N) is 2. The highest BCUT2D eigenvalue weighted by atomic mass is 35.5. The summed E-state index contributed by atoms with van der Waals surface area (Å²) in [6.07, 6.45) is 2.08. The zero-order valence-electron chi connectivity index (χ0n) is 14.3. The molecule has 1 aliphatic rings. The maximum absolute atomic E-state index is 12.9. The van der Waals surface area contributed by atoms with Crippen LogP contribution >= 0.6 is 11.6 Å². The smallest absolute Gasteiger partial charge is 0.292 e. The predicted octanol–water partition coefficient (Wildman–Crippen LogP) is 5.01. The van der Waals surface area contributed by atoms with Crippen molar-refractivity contribution in [1.29, 1.82) is 0 Å². The molecular formula is C21H19ClN2O2. The topological polar surface area (TPSA) is 46.3 Å². The van der Waals surface area contributed by atoms with Gasteiger partial charge >= 0.3 is 0 Å². The van der Waals surface area contributed by atoms with Gasteiger partial charge in [0.1, 0.15) is 5.69 Å².